The van der Waals surface area contributed by atoms with Gasteiger partial charge >= 0.3 is 0 Å². The SMILES string of the molecule is Cc1ccc2[nH]c(=O)c(-c3noc(CCC(=O)Nc4ccncc4)n3)cc2c1. The summed E-state index contributed by atoms with van der Waals surface area (Å²) in [5, 5.41) is 7.54. The number of hydrogen-bond donors (Lipinski definition) is 2. The third-order valence-electron chi connectivity index (χ3n) is 4.24. The van der Waals surface area contributed by atoms with Gasteiger partial charge in [0.15, 0.2) is 0 Å². The predicted molar refractivity (Wildman–Crippen MR) is 104 cm³/mol. The van der Waals surface area contributed by atoms with Gasteiger partial charge < -0.3 is 14.8 Å². The Bertz CT molecular complexity index is 1200. The highest BCUT2D eigenvalue weighted by Gasteiger charge is 2.14. The minimum Gasteiger partial charge on any atom is -0.339 e. The molecular formula is C20H17N5O3. The van der Waals surface area contributed by atoms with Gasteiger partial charge in [0, 0.05) is 36.4 Å². The molecule has 0 saturated heterocycles. The number of amides is 1. The van der Waals surface area contributed by atoms with E-state index in [0.717, 1.165) is 16.5 Å². The predicted octanol–water partition coefficient (Wildman–Crippen LogP) is 2.85. The molecule has 28 heavy (non-hydrogen) atoms. The number of fused-ring (bicyclic) bond motifs is 1. The van der Waals surface area contributed by atoms with E-state index in [1.54, 1.807) is 30.6 Å². The van der Waals surface area contributed by atoms with E-state index < -0.39 is 0 Å². The van der Waals surface area contributed by atoms with Gasteiger partial charge in [0.05, 0.1) is 5.56 Å². The zero-order chi connectivity index (χ0) is 19.5. The first-order valence-corrected chi connectivity index (χ1v) is 8.75. The van der Waals surface area contributed by atoms with E-state index in [9.17, 15) is 9.59 Å². The van der Waals surface area contributed by atoms with Crippen molar-refractivity contribution in [3.05, 3.63) is 70.6 Å². The summed E-state index contributed by atoms with van der Waals surface area (Å²) in [6, 6.07) is 10.9. The van der Waals surface area contributed by atoms with Gasteiger partial charge in [-0.05, 0) is 42.6 Å². The summed E-state index contributed by atoms with van der Waals surface area (Å²) in [4.78, 5) is 35.4. The number of nitrogens with zero attached hydrogens (tertiary/aromatic N) is 3. The van der Waals surface area contributed by atoms with Crippen molar-refractivity contribution in [3.8, 4) is 11.4 Å². The maximum atomic E-state index is 12.4. The van der Waals surface area contributed by atoms with Crippen LogP contribution in [0.5, 0.6) is 0 Å². The molecule has 8 nitrogen and oxygen atoms in total. The quantitative estimate of drug-likeness (QED) is 0.554. The lowest BCUT2D eigenvalue weighted by Crippen LogP contribution is -2.12. The van der Waals surface area contributed by atoms with E-state index in [0.29, 0.717) is 17.1 Å². The summed E-state index contributed by atoms with van der Waals surface area (Å²) in [6.45, 7) is 1.98. The molecule has 140 valence electrons. The first-order chi connectivity index (χ1) is 13.6. The summed E-state index contributed by atoms with van der Waals surface area (Å²) >= 11 is 0. The Hall–Kier alpha value is -3.81. The Morgan fingerprint density at radius 1 is 1.18 bits per heavy atom. The van der Waals surface area contributed by atoms with Gasteiger partial charge in [-0.15, -0.1) is 0 Å². The van der Waals surface area contributed by atoms with E-state index in [-0.39, 0.29) is 30.1 Å². The summed E-state index contributed by atoms with van der Waals surface area (Å²) in [6.07, 6.45) is 3.65. The van der Waals surface area contributed by atoms with Crippen LogP contribution < -0.4 is 10.9 Å². The fraction of sp³-hybridized carbons (Fsp3) is 0.150. The lowest BCUT2D eigenvalue weighted by molar-refractivity contribution is -0.116. The van der Waals surface area contributed by atoms with Crippen LogP contribution in [0.15, 0.2) is 58.1 Å². The minimum atomic E-state index is -0.292. The molecule has 0 aliphatic rings. The van der Waals surface area contributed by atoms with Crippen molar-refractivity contribution in [1.82, 2.24) is 20.1 Å². The second kappa shape index (κ2) is 7.43. The van der Waals surface area contributed by atoms with Crippen molar-refractivity contribution in [2.24, 2.45) is 0 Å². The molecule has 0 aliphatic carbocycles. The molecule has 0 unspecified atom stereocenters. The fourth-order valence-corrected chi connectivity index (χ4v) is 2.84. The number of aromatic amines is 1. The lowest BCUT2D eigenvalue weighted by atomic mass is 10.1. The molecule has 1 aromatic carbocycles. The second-order valence-electron chi connectivity index (χ2n) is 6.40. The molecule has 0 fully saturated rings. The number of aryl methyl sites for hydroxylation is 2. The zero-order valence-corrected chi connectivity index (χ0v) is 15.1. The maximum absolute atomic E-state index is 12.4. The van der Waals surface area contributed by atoms with Crippen molar-refractivity contribution in [2.75, 3.05) is 5.32 Å². The van der Waals surface area contributed by atoms with Gasteiger partial charge in [0.1, 0.15) is 0 Å². The molecular weight excluding hydrogens is 358 g/mol. The molecule has 2 N–H and O–H groups in total. The van der Waals surface area contributed by atoms with E-state index >= 15 is 0 Å². The molecule has 1 amide bonds. The van der Waals surface area contributed by atoms with Crippen molar-refractivity contribution in [1.29, 1.82) is 0 Å². The van der Waals surface area contributed by atoms with Gasteiger partial charge in [0.25, 0.3) is 5.56 Å². The molecule has 4 rings (SSSR count). The van der Waals surface area contributed by atoms with Gasteiger partial charge in [-0.3, -0.25) is 14.6 Å². The Morgan fingerprint density at radius 3 is 2.82 bits per heavy atom. The van der Waals surface area contributed by atoms with Crippen molar-refractivity contribution >= 4 is 22.5 Å². The number of rotatable bonds is 5. The first kappa shape index (κ1) is 17.6. The number of hydrogen-bond acceptors (Lipinski definition) is 6. The Balaban J connectivity index is 1.48. The van der Waals surface area contributed by atoms with Crippen LogP contribution in [0.1, 0.15) is 17.9 Å². The highest BCUT2D eigenvalue weighted by Crippen LogP contribution is 2.19. The van der Waals surface area contributed by atoms with Crippen LogP contribution >= 0.6 is 0 Å². The molecule has 0 atom stereocenters. The van der Waals surface area contributed by atoms with Crippen LogP contribution in [0.25, 0.3) is 22.3 Å². The third-order valence-corrected chi connectivity index (χ3v) is 4.24. The van der Waals surface area contributed by atoms with Crippen molar-refractivity contribution in [3.63, 3.8) is 0 Å². The first-order valence-electron chi connectivity index (χ1n) is 8.75. The van der Waals surface area contributed by atoms with Gasteiger partial charge in [-0.25, -0.2) is 0 Å². The smallest absolute Gasteiger partial charge is 0.259 e. The average molecular weight is 375 g/mol. The molecule has 0 bridgehead atoms. The average Bonchev–Trinajstić information content (AvgIpc) is 3.16. The number of anilines is 1. The highest BCUT2D eigenvalue weighted by atomic mass is 16.5. The number of H-pyrrole nitrogens is 1. The zero-order valence-electron chi connectivity index (χ0n) is 15.1. The van der Waals surface area contributed by atoms with Crippen LogP contribution in [0.2, 0.25) is 0 Å². The Kier molecular flexibility index (Phi) is 4.67. The van der Waals surface area contributed by atoms with E-state index in [1.165, 1.54) is 0 Å². The topological polar surface area (TPSA) is 114 Å². The molecule has 0 spiro atoms. The molecule has 3 heterocycles. The molecule has 0 saturated carbocycles. The molecule has 4 aromatic rings. The lowest BCUT2D eigenvalue weighted by Gasteiger charge is -2.02. The number of carbonyl (C=O) groups excluding carboxylic acids is 1. The normalized spacial score (nSPS) is 10.9. The van der Waals surface area contributed by atoms with Crippen LogP contribution in [0, 0.1) is 6.92 Å². The van der Waals surface area contributed by atoms with E-state index in [1.807, 2.05) is 25.1 Å². The fourth-order valence-electron chi connectivity index (χ4n) is 2.84. The van der Waals surface area contributed by atoms with Crippen molar-refractivity contribution < 1.29 is 9.32 Å². The molecule has 3 aromatic heterocycles. The molecule has 0 aliphatic heterocycles. The number of carbonyl (C=O) groups is 1. The Labute approximate surface area is 159 Å². The van der Waals surface area contributed by atoms with Crippen LogP contribution in [-0.4, -0.2) is 26.0 Å². The number of nitrogens with one attached hydrogen (secondary N) is 2. The highest BCUT2D eigenvalue weighted by molar-refractivity contribution is 5.90. The Morgan fingerprint density at radius 2 is 2.00 bits per heavy atom. The standard InChI is InChI=1S/C20H17N5O3/c1-12-2-3-16-13(10-12)11-15(20(27)23-16)19-24-18(28-25-19)5-4-17(26)22-14-6-8-21-9-7-14/h2-3,6-11H,4-5H2,1H3,(H,23,27)(H,21,22,26). The van der Waals surface area contributed by atoms with Crippen molar-refractivity contribution in [2.45, 2.75) is 19.8 Å². The summed E-state index contributed by atoms with van der Waals surface area (Å²) in [7, 11) is 0. The number of pyridine rings is 2. The summed E-state index contributed by atoms with van der Waals surface area (Å²) < 4.78 is 5.21. The second-order valence-corrected chi connectivity index (χ2v) is 6.40. The summed E-state index contributed by atoms with van der Waals surface area (Å²) in [5.74, 6) is 0.322. The molecule has 8 heteroatoms. The minimum absolute atomic E-state index is 0.176. The molecule has 0 radical (unpaired) electrons. The number of benzene rings is 1. The van der Waals surface area contributed by atoms with E-state index in [2.05, 4.69) is 25.4 Å². The van der Waals surface area contributed by atoms with Crippen LogP contribution in [0.4, 0.5) is 5.69 Å². The van der Waals surface area contributed by atoms with Gasteiger partial charge in [-0.2, -0.15) is 4.98 Å². The van der Waals surface area contributed by atoms with Gasteiger partial charge in [0.2, 0.25) is 17.6 Å². The monoisotopic (exact) mass is 375 g/mol. The number of aromatic nitrogens is 4. The van der Waals surface area contributed by atoms with Gasteiger partial charge in [-0.1, -0.05) is 16.8 Å². The third kappa shape index (κ3) is 3.80. The van der Waals surface area contributed by atoms with Crippen LogP contribution in [-0.2, 0) is 11.2 Å². The largest absolute Gasteiger partial charge is 0.339 e. The summed E-state index contributed by atoms with van der Waals surface area (Å²) in [5.41, 5.74) is 2.54. The maximum Gasteiger partial charge on any atom is 0.259 e. The van der Waals surface area contributed by atoms with Crippen LogP contribution in [0.3, 0.4) is 0 Å². The van der Waals surface area contributed by atoms with E-state index in [4.69, 9.17) is 4.52 Å².